The predicted octanol–water partition coefficient (Wildman–Crippen LogP) is 3.35. The summed E-state index contributed by atoms with van der Waals surface area (Å²) in [5, 5.41) is 4.10. The smallest absolute Gasteiger partial charge is 0.253 e. The fourth-order valence-electron chi connectivity index (χ4n) is 3.17. The molecule has 0 radical (unpaired) electrons. The highest BCUT2D eigenvalue weighted by Gasteiger charge is 2.23. The van der Waals surface area contributed by atoms with Crippen LogP contribution in [-0.4, -0.2) is 59.3 Å². The molecular formula is C20H19ClN4O2S. The van der Waals surface area contributed by atoms with Crippen molar-refractivity contribution in [3.63, 3.8) is 0 Å². The van der Waals surface area contributed by atoms with Gasteiger partial charge < -0.3 is 10.2 Å². The number of anilines is 1. The molecule has 28 heavy (non-hydrogen) atoms. The summed E-state index contributed by atoms with van der Waals surface area (Å²) in [5.74, 6) is -0.0909. The first kappa shape index (κ1) is 18.9. The Labute approximate surface area is 171 Å². The normalized spacial score (nSPS) is 15.0. The van der Waals surface area contributed by atoms with E-state index in [9.17, 15) is 9.59 Å². The van der Waals surface area contributed by atoms with Crippen molar-refractivity contribution in [1.82, 2.24) is 14.8 Å². The van der Waals surface area contributed by atoms with Gasteiger partial charge in [-0.3, -0.25) is 14.5 Å². The number of hydrogen-bond acceptors (Lipinski definition) is 5. The molecule has 1 aliphatic heterocycles. The highest BCUT2D eigenvalue weighted by molar-refractivity contribution is 7.22. The second kappa shape index (κ2) is 8.26. The van der Waals surface area contributed by atoms with Crippen LogP contribution in [0.25, 0.3) is 10.2 Å². The third-order valence-corrected chi connectivity index (χ3v) is 5.86. The van der Waals surface area contributed by atoms with Gasteiger partial charge in [0, 0.05) is 36.8 Å². The fraction of sp³-hybridized carbons (Fsp3) is 0.250. The first-order valence-electron chi connectivity index (χ1n) is 9.01. The lowest BCUT2D eigenvalue weighted by Gasteiger charge is -2.34. The SMILES string of the molecule is O=C(CN1CCN(C(=O)c2ccc(Cl)cc2)CC1)Nc1nc2ccccc2s1. The van der Waals surface area contributed by atoms with Gasteiger partial charge in [-0.2, -0.15) is 0 Å². The highest BCUT2D eigenvalue weighted by atomic mass is 35.5. The van der Waals surface area contributed by atoms with Gasteiger partial charge in [-0.05, 0) is 36.4 Å². The standard InChI is InChI=1S/C20H19ClN4O2S/c21-15-7-5-14(6-8-15)19(27)25-11-9-24(10-12-25)13-18(26)23-20-22-16-3-1-2-4-17(16)28-20/h1-8H,9-13H2,(H,22,23,26). The lowest BCUT2D eigenvalue weighted by atomic mass is 10.2. The summed E-state index contributed by atoms with van der Waals surface area (Å²) in [5.41, 5.74) is 1.52. The number of hydrogen-bond donors (Lipinski definition) is 1. The molecule has 6 nitrogen and oxygen atoms in total. The number of thiazole rings is 1. The number of para-hydroxylation sites is 1. The van der Waals surface area contributed by atoms with Gasteiger partial charge in [0.2, 0.25) is 5.91 Å². The van der Waals surface area contributed by atoms with Gasteiger partial charge in [0.05, 0.1) is 16.8 Å². The molecule has 4 rings (SSSR count). The van der Waals surface area contributed by atoms with Crippen LogP contribution in [0.3, 0.4) is 0 Å². The Morgan fingerprint density at radius 2 is 1.75 bits per heavy atom. The molecule has 2 aromatic carbocycles. The van der Waals surface area contributed by atoms with Crippen LogP contribution >= 0.6 is 22.9 Å². The van der Waals surface area contributed by atoms with Gasteiger partial charge >= 0.3 is 0 Å². The fourth-order valence-corrected chi connectivity index (χ4v) is 4.18. The van der Waals surface area contributed by atoms with Crippen LogP contribution in [-0.2, 0) is 4.79 Å². The van der Waals surface area contributed by atoms with Gasteiger partial charge in [0.15, 0.2) is 5.13 Å². The van der Waals surface area contributed by atoms with Crippen molar-refractivity contribution in [3.8, 4) is 0 Å². The van der Waals surface area contributed by atoms with E-state index in [1.165, 1.54) is 11.3 Å². The number of amides is 2. The van der Waals surface area contributed by atoms with Crippen molar-refractivity contribution < 1.29 is 9.59 Å². The molecule has 0 spiro atoms. The molecule has 0 atom stereocenters. The van der Waals surface area contributed by atoms with E-state index in [0.717, 1.165) is 10.2 Å². The minimum absolute atomic E-state index is 0.00440. The maximum absolute atomic E-state index is 12.5. The van der Waals surface area contributed by atoms with E-state index in [1.54, 1.807) is 24.3 Å². The number of benzene rings is 2. The molecule has 0 bridgehead atoms. The average Bonchev–Trinajstić information content (AvgIpc) is 3.10. The number of carbonyl (C=O) groups is 2. The summed E-state index contributed by atoms with van der Waals surface area (Å²) >= 11 is 7.34. The highest BCUT2D eigenvalue weighted by Crippen LogP contribution is 2.25. The molecule has 3 aromatic rings. The van der Waals surface area contributed by atoms with Gasteiger partial charge in [0.25, 0.3) is 5.91 Å². The first-order chi connectivity index (χ1) is 13.6. The molecule has 144 valence electrons. The number of rotatable bonds is 4. The Bertz CT molecular complexity index is 964. The van der Waals surface area contributed by atoms with Crippen molar-refractivity contribution in [2.24, 2.45) is 0 Å². The Kier molecular flexibility index (Phi) is 5.57. The zero-order valence-electron chi connectivity index (χ0n) is 15.1. The van der Waals surface area contributed by atoms with Crippen molar-refractivity contribution in [3.05, 3.63) is 59.1 Å². The molecule has 2 amide bonds. The predicted molar refractivity (Wildman–Crippen MR) is 112 cm³/mol. The van der Waals surface area contributed by atoms with Gasteiger partial charge in [-0.1, -0.05) is 35.1 Å². The summed E-state index contributed by atoms with van der Waals surface area (Å²) in [6.07, 6.45) is 0. The molecule has 0 unspecified atom stereocenters. The van der Waals surface area contributed by atoms with E-state index in [4.69, 9.17) is 11.6 Å². The van der Waals surface area contributed by atoms with E-state index < -0.39 is 0 Å². The molecule has 8 heteroatoms. The van der Waals surface area contributed by atoms with Crippen LogP contribution in [0.15, 0.2) is 48.5 Å². The van der Waals surface area contributed by atoms with E-state index in [-0.39, 0.29) is 11.8 Å². The van der Waals surface area contributed by atoms with E-state index in [1.807, 2.05) is 34.1 Å². The zero-order chi connectivity index (χ0) is 19.5. The third kappa shape index (κ3) is 4.32. The van der Waals surface area contributed by atoms with Crippen LogP contribution in [0, 0.1) is 0 Å². The number of nitrogens with one attached hydrogen (secondary N) is 1. The number of nitrogens with zero attached hydrogens (tertiary/aromatic N) is 3. The molecule has 1 fully saturated rings. The van der Waals surface area contributed by atoms with E-state index in [2.05, 4.69) is 10.3 Å². The number of carbonyl (C=O) groups excluding carboxylic acids is 2. The molecule has 1 aliphatic rings. The summed E-state index contributed by atoms with van der Waals surface area (Å²) in [6, 6.07) is 14.7. The van der Waals surface area contributed by atoms with Gasteiger partial charge in [-0.25, -0.2) is 4.98 Å². The topological polar surface area (TPSA) is 65.5 Å². The maximum Gasteiger partial charge on any atom is 0.253 e. The van der Waals surface area contributed by atoms with Crippen LogP contribution in [0.5, 0.6) is 0 Å². The van der Waals surface area contributed by atoms with Gasteiger partial charge in [-0.15, -0.1) is 0 Å². The second-order valence-corrected chi connectivity index (χ2v) is 8.08. The van der Waals surface area contributed by atoms with Crippen molar-refractivity contribution in [2.75, 3.05) is 38.0 Å². The van der Waals surface area contributed by atoms with E-state index >= 15 is 0 Å². The maximum atomic E-state index is 12.5. The quantitative estimate of drug-likeness (QED) is 0.711. The van der Waals surface area contributed by atoms with Crippen LogP contribution < -0.4 is 5.32 Å². The molecule has 1 aromatic heterocycles. The Balaban J connectivity index is 1.28. The summed E-state index contributed by atoms with van der Waals surface area (Å²) < 4.78 is 1.05. The number of piperazine rings is 1. The lowest BCUT2D eigenvalue weighted by Crippen LogP contribution is -2.50. The van der Waals surface area contributed by atoms with Crippen LogP contribution in [0.1, 0.15) is 10.4 Å². The molecule has 2 heterocycles. The summed E-state index contributed by atoms with van der Waals surface area (Å²) in [6.45, 7) is 2.80. The molecule has 0 aliphatic carbocycles. The molecular weight excluding hydrogens is 396 g/mol. The van der Waals surface area contributed by atoms with Crippen molar-refractivity contribution >= 4 is 50.1 Å². The van der Waals surface area contributed by atoms with Gasteiger partial charge in [0.1, 0.15) is 0 Å². The Hall–Kier alpha value is -2.48. The third-order valence-electron chi connectivity index (χ3n) is 4.66. The van der Waals surface area contributed by atoms with E-state index in [0.29, 0.717) is 48.4 Å². The van der Waals surface area contributed by atoms with Crippen LogP contribution in [0.2, 0.25) is 5.02 Å². The van der Waals surface area contributed by atoms with Crippen molar-refractivity contribution in [1.29, 1.82) is 0 Å². The van der Waals surface area contributed by atoms with Crippen LogP contribution in [0.4, 0.5) is 5.13 Å². The number of halogens is 1. The Morgan fingerprint density at radius 1 is 1.04 bits per heavy atom. The van der Waals surface area contributed by atoms with Crippen molar-refractivity contribution in [2.45, 2.75) is 0 Å². The largest absolute Gasteiger partial charge is 0.336 e. The Morgan fingerprint density at radius 3 is 2.46 bits per heavy atom. The minimum atomic E-state index is -0.0865. The zero-order valence-corrected chi connectivity index (χ0v) is 16.7. The molecule has 0 saturated carbocycles. The minimum Gasteiger partial charge on any atom is -0.336 e. The summed E-state index contributed by atoms with van der Waals surface area (Å²) in [7, 11) is 0. The molecule has 1 saturated heterocycles. The number of fused-ring (bicyclic) bond motifs is 1. The first-order valence-corrected chi connectivity index (χ1v) is 10.2. The second-order valence-electron chi connectivity index (χ2n) is 6.61. The summed E-state index contributed by atoms with van der Waals surface area (Å²) in [4.78, 5) is 33.2. The monoisotopic (exact) mass is 414 g/mol. The number of aromatic nitrogens is 1. The lowest BCUT2D eigenvalue weighted by molar-refractivity contribution is -0.117. The average molecular weight is 415 g/mol. The molecule has 1 N–H and O–H groups in total.